The first kappa shape index (κ1) is 25.1. The molecule has 0 atom stereocenters. The third-order valence-corrected chi connectivity index (χ3v) is 8.58. The molecule has 1 heteroatoms. The van der Waals surface area contributed by atoms with Gasteiger partial charge < -0.3 is 4.57 Å². The molecule has 0 saturated heterocycles. The van der Waals surface area contributed by atoms with Gasteiger partial charge in [0.25, 0.3) is 0 Å². The molecule has 0 N–H and O–H groups in total. The van der Waals surface area contributed by atoms with Gasteiger partial charge in [0, 0.05) is 16.5 Å². The molecule has 0 spiro atoms. The van der Waals surface area contributed by atoms with Crippen molar-refractivity contribution in [2.45, 2.75) is 0 Å². The van der Waals surface area contributed by atoms with Gasteiger partial charge in [-0.3, -0.25) is 0 Å². The topological polar surface area (TPSA) is 4.93 Å². The first-order valence-corrected chi connectivity index (χ1v) is 14.7. The van der Waals surface area contributed by atoms with Crippen LogP contribution in [0.3, 0.4) is 0 Å². The summed E-state index contributed by atoms with van der Waals surface area (Å²) in [6.45, 7) is 4.32. The second kappa shape index (κ2) is 10.3. The van der Waals surface area contributed by atoms with E-state index in [9.17, 15) is 0 Å². The van der Waals surface area contributed by atoms with Crippen molar-refractivity contribution in [1.82, 2.24) is 4.57 Å². The summed E-state index contributed by atoms with van der Waals surface area (Å²) in [5, 5.41) is 5.11. The molecule has 0 amide bonds. The summed E-state index contributed by atoms with van der Waals surface area (Å²) in [5.74, 6) is 0. The second-order valence-electron chi connectivity index (χ2n) is 11.1. The Hall–Kier alpha value is -5.66. The van der Waals surface area contributed by atoms with Crippen LogP contribution in [0.25, 0.3) is 66.1 Å². The van der Waals surface area contributed by atoms with E-state index in [1.165, 1.54) is 60.5 Å². The SMILES string of the molecule is C=C(c1ccccc1)c1ccc(-c2ccc(-c3ccc4c(c3)c3c5ccccc5ccc3n4-c3ccccc3)cc2)cc1. The van der Waals surface area contributed by atoms with Gasteiger partial charge in [-0.05, 0) is 80.1 Å². The summed E-state index contributed by atoms with van der Waals surface area (Å²) in [4.78, 5) is 0. The van der Waals surface area contributed by atoms with Crippen molar-refractivity contribution in [2.75, 3.05) is 0 Å². The number of hydrogen-bond acceptors (Lipinski definition) is 0. The minimum Gasteiger partial charge on any atom is -0.309 e. The minimum absolute atomic E-state index is 1.04. The van der Waals surface area contributed by atoms with E-state index in [1.54, 1.807) is 0 Å². The molecule has 8 aromatic rings. The summed E-state index contributed by atoms with van der Waals surface area (Å²) in [7, 11) is 0. The molecule has 43 heavy (non-hydrogen) atoms. The lowest BCUT2D eigenvalue weighted by Crippen LogP contribution is -1.93. The standard InChI is InChI=1S/C42H29N/c1-29(30-10-4-2-5-11-30)31-16-18-32(19-17-31)33-20-22-34(23-21-33)36-25-26-40-39(28-36)42-38-15-9-8-12-35(38)24-27-41(42)43(40)37-13-6-3-7-14-37/h2-28H,1H2. The molecule has 1 nitrogen and oxygen atoms in total. The highest BCUT2D eigenvalue weighted by Crippen LogP contribution is 2.39. The number of para-hydroxylation sites is 1. The zero-order valence-corrected chi connectivity index (χ0v) is 23.7. The zero-order valence-electron chi connectivity index (χ0n) is 23.7. The van der Waals surface area contributed by atoms with Gasteiger partial charge in [-0.15, -0.1) is 0 Å². The molecule has 1 heterocycles. The predicted molar refractivity (Wildman–Crippen MR) is 184 cm³/mol. The van der Waals surface area contributed by atoms with Crippen LogP contribution in [0.15, 0.2) is 170 Å². The summed E-state index contributed by atoms with van der Waals surface area (Å²) in [6, 6.07) is 58.7. The molecule has 0 aliphatic heterocycles. The quantitative estimate of drug-likeness (QED) is 0.202. The summed E-state index contributed by atoms with van der Waals surface area (Å²) in [6.07, 6.45) is 0. The van der Waals surface area contributed by atoms with Crippen LogP contribution in [0.5, 0.6) is 0 Å². The Morgan fingerprint density at radius 1 is 0.419 bits per heavy atom. The third-order valence-electron chi connectivity index (χ3n) is 8.58. The highest BCUT2D eigenvalue weighted by molar-refractivity contribution is 6.21. The molecule has 8 rings (SSSR count). The largest absolute Gasteiger partial charge is 0.309 e. The van der Waals surface area contributed by atoms with Gasteiger partial charge in [-0.1, -0.05) is 140 Å². The fourth-order valence-corrected chi connectivity index (χ4v) is 6.35. The summed E-state index contributed by atoms with van der Waals surface area (Å²) < 4.78 is 2.39. The van der Waals surface area contributed by atoms with Crippen LogP contribution in [-0.4, -0.2) is 4.57 Å². The minimum atomic E-state index is 1.04. The molecule has 0 bridgehead atoms. The van der Waals surface area contributed by atoms with E-state index in [0.717, 1.165) is 16.7 Å². The van der Waals surface area contributed by atoms with Crippen LogP contribution in [0.4, 0.5) is 0 Å². The summed E-state index contributed by atoms with van der Waals surface area (Å²) in [5.41, 5.74) is 11.8. The van der Waals surface area contributed by atoms with Gasteiger partial charge in [-0.2, -0.15) is 0 Å². The van der Waals surface area contributed by atoms with E-state index in [-0.39, 0.29) is 0 Å². The Morgan fingerprint density at radius 2 is 0.953 bits per heavy atom. The molecule has 0 unspecified atom stereocenters. The van der Waals surface area contributed by atoms with Crippen LogP contribution in [0.2, 0.25) is 0 Å². The average Bonchev–Trinajstić information content (AvgIpc) is 3.43. The van der Waals surface area contributed by atoms with Crippen molar-refractivity contribution in [3.05, 3.63) is 181 Å². The van der Waals surface area contributed by atoms with Crippen LogP contribution in [-0.2, 0) is 0 Å². The molecule has 0 fully saturated rings. The number of fused-ring (bicyclic) bond motifs is 5. The molecular formula is C42H29N. The van der Waals surface area contributed by atoms with E-state index < -0.39 is 0 Å². The fraction of sp³-hybridized carbons (Fsp3) is 0. The first-order chi connectivity index (χ1) is 21.2. The van der Waals surface area contributed by atoms with Crippen LogP contribution < -0.4 is 0 Å². The maximum Gasteiger partial charge on any atom is 0.0547 e. The van der Waals surface area contributed by atoms with Gasteiger partial charge >= 0.3 is 0 Å². The van der Waals surface area contributed by atoms with Gasteiger partial charge in [0.1, 0.15) is 0 Å². The first-order valence-electron chi connectivity index (χ1n) is 14.7. The molecule has 202 valence electrons. The van der Waals surface area contributed by atoms with E-state index >= 15 is 0 Å². The number of benzene rings is 7. The van der Waals surface area contributed by atoms with Crippen molar-refractivity contribution >= 4 is 38.2 Å². The molecule has 0 radical (unpaired) electrons. The Labute approximate surface area is 251 Å². The van der Waals surface area contributed by atoms with Crippen molar-refractivity contribution in [3.8, 4) is 27.9 Å². The lowest BCUT2D eigenvalue weighted by molar-refractivity contribution is 1.18. The summed E-state index contributed by atoms with van der Waals surface area (Å²) >= 11 is 0. The number of hydrogen-bond donors (Lipinski definition) is 0. The van der Waals surface area contributed by atoms with Crippen LogP contribution in [0, 0.1) is 0 Å². The zero-order chi connectivity index (χ0) is 28.8. The Kier molecular flexibility index (Phi) is 6.02. The van der Waals surface area contributed by atoms with Gasteiger partial charge in [-0.25, -0.2) is 0 Å². The van der Waals surface area contributed by atoms with E-state index in [1.807, 2.05) is 6.07 Å². The second-order valence-corrected chi connectivity index (χ2v) is 11.1. The van der Waals surface area contributed by atoms with E-state index in [0.29, 0.717) is 0 Å². The number of rotatable bonds is 5. The van der Waals surface area contributed by atoms with Crippen molar-refractivity contribution in [2.24, 2.45) is 0 Å². The Bertz CT molecular complexity index is 2250. The van der Waals surface area contributed by atoms with Crippen LogP contribution in [0.1, 0.15) is 11.1 Å². The maximum atomic E-state index is 4.32. The fourth-order valence-electron chi connectivity index (χ4n) is 6.35. The monoisotopic (exact) mass is 547 g/mol. The van der Waals surface area contributed by atoms with E-state index in [4.69, 9.17) is 0 Å². The van der Waals surface area contributed by atoms with Crippen LogP contribution >= 0.6 is 0 Å². The van der Waals surface area contributed by atoms with Gasteiger partial charge in [0.05, 0.1) is 11.0 Å². The third kappa shape index (κ3) is 4.34. The van der Waals surface area contributed by atoms with Gasteiger partial charge in [0.2, 0.25) is 0 Å². The van der Waals surface area contributed by atoms with Gasteiger partial charge in [0.15, 0.2) is 0 Å². The van der Waals surface area contributed by atoms with E-state index in [2.05, 4.69) is 169 Å². The lowest BCUT2D eigenvalue weighted by Gasteiger charge is -2.09. The van der Waals surface area contributed by atoms with Crippen molar-refractivity contribution in [1.29, 1.82) is 0 Å². The molecular weight excluding hydrogens is 518 g/mol. The maximum absolute atomic E-state index is 4.32. The normalized spacial score (nSPS) is 11.3. The smallest absolute Gasteiger partial charge is 0.0547 e. The molecule has 0 saturated carbocycles. The Balaban J connectivity index is 1.19. The Morgan fingerprint density at radius 3 is 1.67 bits per heavy atom. The number of nitrogens with zero attached hydrogens (tertiary/aromatic N) is 1. The molecule has 0 aliphatic carbocycles. The molecule has 7 aromatic carbocycles. The highest BCUT2D eigenvalue weighted by atomic mass is 15.0. The molecule has 0 aliphatic rings. The average molecular weight is 548 g/mol. The molecule has 1 aromatic heterocycles. The highest BCUT2D eigenvalue weighted by Gasteiger charge is 2.15. The van der Waals surface area contributed by atoms with Crippen molar-refractivity contribution in [3.63, 3.8) is 0 Å². The van der Waals surface area contributed by atoms with Crippen molar-refractivity contribution < 1.29 is 0 Å². The lowest BCUT2D eigenvalue weighted by atomic mass is 9.95. The predicted octanol–water partition coefficient (Wildman–Crippen LogP) is 11.3. The number of aromatic nitrogens is 1.